The molecule has 0 radical (unpaired) electrons. The predicted molar refractivity (Wildman–Crippen MR) is 51.4 cm³/mol. The molecule has 84 valence electrons. The zero-order chi connectivity index (χ0) is 12.5. The molecule has 0 aliphatic rings. The molecule has 0 bridgehead atoms. The van der Waals surface area contributed by atoms with Crippen LogP contribution in [0, 0.1) is 27.2 Å². The monoisotopic (exact) mass is 226 g/mol. The molecule has 0 aliphatic heterocycles. The summed E-state index contributed by atoms with van der Waals surface area (Å²) in [6, 6.07) is 1.79. The molecule has 0 saturated heterocycles. The molecule has 0 aromatic heterocycles. The van der Waals surface area contributed by atoms with Crippen molar-refractivity contribution in [1.82, 2.24) is 0 Å². The van der Waals surface area contributed by atoms with E-state index in [4.69, 9.17) is 5.11 Å². The predicted octanol–water partition coefficient (Wildman–Crippen LogP) is 1.51. The number of carbonyl (C=O) groups is 1. The lowest BCUT2D eigenvalue weighted by Crippen LogP contribution is -2.06. The van der Waals surface area contributed by atoms with Crippen LogP contribution in [0.1, 0.15) is 15.9 Å². The van der Waals surface area contributed by atoms with Crippen LogP contribution in [-0.4, -0.2) is 20.9 Å². The Kier molecular flexibility index (Phi) is 2.84. The highest BCUT2D eigenvalue weighted by Gasteiger charge is 2.28. The quantitative estimate of drug-likeness (QED) is 0.615. The molecule has 8 heteroatoms. The Morgan fingerprint density at radius 3 is 2.19 bits per heavy atom. The second kappa shape index (κ2) is 3.93. The average Bonchev–Trinajstić information content (AvgIpc) is 2.15. The summed E-state index contributed by atoms with van der Waals surface area (Å²) in [7, 11) is 0. The van der Waals surface area contributed by atoms with E-state index >= 15 is 0 Å². The first kappa shape index (κ1) is 11.6. The summed E-state index contributed by atoms with van der Waals surface area (Å²) in [5.41, 5.74) is -2.05. The summed E-state index contributed by atoms with van der Waals surface area (Å²) < 4.78 is 0. The average molecular weight is 226 g/mol. The van der Waals surface area contributed by atoms with Crippen molar-refractivity contribution in [3.63, 3.8) is 0 Å². The smallest absolute Gasteiger partial charge is 0.342 e. The van der Waals surface area contributed by atoms with E-state index in [9.17, 15) is 25.0 Å². The molecule has 1 rings (SSSR count). The molecule has 0 fully saturated rings. The molecule has 0 saturated carbocycles. The van der Waals surface area contributed by atoms with Gasteiger partial charge in [0.1, 0.15) is 11.1 Å². The van der Waals surface area contributed by atoms with E-state index in [0.717, 1.165) is 19.1 Å². The van der Waals surface area contributed by atoms with E-state index in [1.54, 1.807) is 0 Å². The highest BCUT2D eigenvalue weighted by Crippen LogP contribution is 2.30. The largest absolute Gasteiger partial charge is 0.477 e. The molecule has 0 unspecified atom stereocenters. The lowest BCUT2D eigenvalue weighted by molar-refractivity contribution is -0.395. The standard InChI is InChI=1S/C8H6N2O6/c1-4-6(9(13)14)3-2-5(8(11)12)7(4)10(15)16/h2-3H,1H3,(H,11,12). The van der Waals surface area contributed by atoms with E-state index < -0.39 is 32.8 Å². The van der Waals surface area contributed by atoms with Gasteiger partial charge in [-0.25, -0.2) is 4.79 Å². The minimum absolute atomic E-state index is 0.269. The maximum atomic E-state index is 10.7. The number of carboxylic acid groups (broad SMARTS) is 1. The Labute approximate surface area is 88.4 Å². The van der Waals surface area contributed by atoms with Crippen LogP contribution in [0.25, 0.3) is 0 Å². The van der Waals surface area contributed by atoms with Crippen LogP contribution < -0.4 is 0 Å². The number of nitro groups is 2. The van der Waals surface area contributed by atoms with E-state index in [1.807, 2.05) is 0 Å². The first-order valence-corrected chi connectivity index (χ1v) is 4.02. The number of hydrogen-bond donors (Lipinski definition) is 1. The molecule has 8 nitrogen and oxygen atoms in total. The number of benzene rings is 1. The molecule has 1 aromatic carbocycles. The Balaban J connectivity index is 3.60. The minimum atomic E-state index is -1.50. The fraction of sp³-hybridized carbons (Fsp3) is 0.125. The van der Waals surface area contributed by atoms with Gasteiger partial charge < -0.3 is 5.11 Å². The van der Waals surface area contributed by atoms with Crippen molar-refractivity contribution in [3.8, 4) is 0 Å². The van der Waals surface area contributed by atoms with E-state index in [1.165, 1.54) is 0 Å². The molecule has 1 N–H and O–H groups in total. The van der Waals surface area contributed by atoms with Gasteiger partial charge in [-0.05, 0) is 13.0 Å². The van der Waals surface area contributed by atoms with Gasteiger partial charge in [0.25, 0.3) is 11.4 Å². The number of hydrogen-bond acceptors (Lipinski definition) is 5. The van der Waals surface area contributed by atoms with Crippen LogP contribution in [0.2, 0.25) is 0 Å². The Hall–Kier alpha value is -2.51. The zero-order valence-electron chi connectivity index (χ0n) is 8.04. The first-order valence-electron chi connectivity index (χ1n) is 4.02. The topological polar surface area (TPSA) is 124 Å². The molecule has 0 spiro atoms. The van der Waals surface area contributed by atoms with Gasteiger partial charge in [-0.15, -0.1) is 0 Å². The van der Waals surface area contributed by atoms with Crippen molar-refractivity contribution in [3.05, 3.63) is 43.5 Å². The Bertz CT molecular complexity index is 496. The van der Waals surface area contributed by atoms with Crippen LogP contribution in [0.15, 0.2) is 12.1 Å². The van der Waals surface area contributed by atoms with Crippen molar-refractivity contribution in [1.29, 1.82) is 0 Å². The Morgan fingerprint density at radius 2 is 1.81 bits per heavy atom. The fourth-order valence-electron chi connectivity index (χ4n) is 1.30. The van der Waals surface area contributed by atoms with Crippen molar-refractivity contribution >= 4 is 17.3 Å². The van der Waals surface area contributed by atoms with Crippen molar-refractivity contribution < 1.29 is 19.7 Å². The summed E-state index contributed by atoms with van der Waals surface area (Å²) in [6.07, 6.45) is 0. The summed E-state index contributed by atoms with van der Waals surface area (Å²) in [6.45, 7) is 1.14. The van der Waals surface area contributed by atoms with Crippen molar-refractivity contribution in [2.24, 2.45) is 0 Å². The SMILES string of the molecule is Cc1c([N+](=O)[O-])ccc(C(=O)O)c1[N+](=O)[O-]. The number of aromatic carboxylic acids is 1. The van der Waals surface area contributed by atoms with Gasteiger partial charge in [-0.3, -0.25) is 20.2 Å². The van der Waals surface area contributed by atoms with E-state index in [-0.39, 0.29) is 5.56 Å². The summed E-state index contributed by atoms with van der Waals surface area (Å²) in [4.78, 5) is 30.1. The molecule has 16 heavy (non-hydrogen) atoms. The first-order chi connectivity index (χ1) is 7.36. The van der Waals surface area contributed by atoms with Gasteiger partial charge >= 0.3 is 5.97 Å². The third-order valence-electron chi connectivity index (χ3n) is 2.01. The zero-order valence-corrected chi connectivity index (χ0v) is 8.04. The Morgan fingerprint density at radius 1 is 1.25 bits per heavy atom. The second-order valence-electron chi connectivity index (χ2n) is 2.93. The lowest BCUT2D eigenvalue weighted by Gasteiger charge is -2.01. The third-order valence-corrected chi connectivity index (χ3v) is 2.01. The van der Waals surface area contributed by atoms with Gasteiger partial charge in [0.15, 0.2) is 0 Å². The van der Waals surface area contributed by atoms with Gasteiger partial charge in [0, 0.05) is 6.07 Å². The summed E-state index contributed by atoms with van der Waals surface area (Å²) >= 11 is 0. The summed E-state index contributed by atoms with van der Waals surface area (Å²) in [5, 5.41) is 29.8. The molecule has 0 aliphatic carbocycles. The van der Waals surface area contributed by atoms with Gasteiger partial charge in [-0.1, -0.05) is 0 Å². The number of nitro benzene ring substituents is 2. The van der Waals surface area contributed by atoms with E-state index in [2.05, 4.69) is 0 Å². The molecule has 0 atom stereocenters. The third kappa shape index (κ3) is 1.80. The van der Waals surface area contributed by atoms with Gasteiger partial charge in [0.05, 0.1) is 9.85 Å². The van der Waals surface area contributed by atoms with Crippen LogP contribution in [0.4, 0.5) is 11.4 Å². The van der Waals surface area contributed by atoms with E-state index in [0.29, 0.717) is 0 Å². The maximum Gasteiger partial charge on any atom is 0.342 e. The normalized spacial score (nSPS) is 9.81. The highest BCUT2D eigenvalue weighted by molar-refractivity contribution is 5.93. The van der Waals surface area contributed by atoms with Crippen molar-refractivity contribution in [2.45, 2.75) is 6.92 Å². The van der Waals surface area contributed by atoms with Gasteiger partial charge in [-0.2, -0.15) is 0 Å². The number of carboxylic acids is 1. The highest BCUT2D eigenvalue weighted by atomic mass is 16.6. The van der Waals surface area contributed by atoms with Crippen LogP contribution in [0.5, 0.6) is 0 Å². The molecule has 0 heterocycles. The second-order valence-corrected chi connectivity index (χ2v) is 2.93. The molecular weight excluding hydrogens is 220 g/mol. The van der Waals surface area contributed by atoms with Crippen LogP contribution in [-0.2, 0) is 0 Å². The van der Waals surface area contributed by atoms with Gasteiger partial charge in [0.2, 0.25) is 0 Å². The van der Waals surface area contributed by atoms with Crippen LogP contribution >= 0.6 is 0 Å². The maximum absolute atomic E-state index is 10.7. The lowest BCUT2D eigenvalue weighted by atomic mass is 10.1. The van der Waals surface area contributed by atoms with Crippen molar-refractivity contribution in [2.75, 3.05) is 0 Å². The minimum Gasteiger partial charge on any atom is -0.477 e. The number of nitrogens with zero attached hydrogens (tertiary/aromatic N) is 2. The molecule has 1 aromatic rings. The molecule has 0 amide bonds. The van der Waals surface area contributed by atoms with Crippen LogP contribution in [0.3, 0.4) is 0 Å². The number of rotatable bonds is 3. The fourth-order valence-corrected chi connectivity index (χ4v) is 1.30. The summed E-state index contributed by atoms with van der Waals surface area (Å²) in [5.74, 6) is -1.50. The molecular formula is C8H6N2O6.